The van der Waals surface area contributed by atoms with Gasteiger partial charge in [-0.25, -0.2) is 14.6 Å². The first-order valence-electron chi connectivity index (χ1n) is 18.6. The van der Waals surface area contributed by atoms with Crippen molar-refractivity contribution in [1.29, 1.82) is 0 Å². The van der Waals surface area contributed by atoms with Gasteiger partial charge in [0, 0.05) is 18.5 Å². The molecule has 1 aliphatic rings. The number of benzene rings is 2. The monoisotopic (exact) mass is 732 g/mol. The molecule has 1 unspecified atom stereocenters. The maximum atomic E-state index is 13.6. The molecule has 2 aromatic carbocycles. The van der Waals surface area contributed by atoms with Gasteiger partial charge in [-0.2, -0.15) is 0 Å². The zero-order chi connectivity index (χ0) is 38.1. The number of nitrogens with zero attached hydrogens (tertiary/aromatic N) is 1. The summed E-state index contributed by atoms with van der Waals surface area (Å²) in [5.41, 5.74) is 4.91. The van der Waals surface area contributed by atoms with E-state index in [4.69, 9.17) is 28.7 Å². The van der Waals surface area contributed by atoms with Crippen LogP contribution in [0.5, 0.6) is 5.75 Å². The van der Waals surface area contributed by atoms with E-state index in [1.807, 2.05) is 48.5 Å². The highest BCUT2D eigenvalue weighted by Gasteiger charge is 2.28. The van der Waals surface area contributed by atoms with Gasteiger partial charge >= 0.3 is 12.0 Å². The molecule has 3 N–H and O–H groups in total. The summed E-state index contributed by atoms with van der Waals surface area (Å²) in [6, 6.07) is 14.6. The molecule has 53 heavy (non-hydrogen) atoms. The SMILES string of the molecule is CCNC(=O)NC(=O)C(C)OC(=O)c1c2c(nc3ccccc13)/C(=C\c1ccc(OCCOCCOCCOCCNCCC(C)(C)C)cc1)CCC2. The molecule has 4 rings (SSSR count). The summed E-state index contributed by atoms with van der Waals surface area (Å²) in [5, 5.41) is 8.74. The third-order valence-electron chi connectivity index (χ3n) is 8.54. The average molecular weight is 733 g/mol. The highest BCUT2D eigenvalue weighted by molar-refractivity contribution is 6.07. The molecule has 12 heteroatoms. The summed E-state index contributed by atoms with van der Waals surface area (Å²) in [6.07, 6.45) is 4.30. The normalized spacial score (nSPS) is 14.1. The second kappa shape index (κ2) is 21.4. The fraction of sp³-hybridized carbons (Fsp3) is 0.512. The molecule has 0 radical (unpaired) electrons. The molecular formula is C41H56N4O8. The second-order valence-corrected chi connectivity index (χ2v) is 14.1. The van der Waals surface area contributed by atoms with Crippen LogP contribution in [0.2, 0.25) is 0 Å². The van der Waals surface area contributed by atoms with E-state index < -0.39 is 24.0 Å². The number of nitrogens with one attached hydrogen (secondary N) is 3. The number of allylic oxidation sites excluding steroid dienone is 1. The largest absolute Gasteiger partial charge is 0.491 e. The van der Waals surface area contributed by atoms with Crippen molar-refractivity contribution in [2.24, 2.45) is 5.41 Å². The number of esters is 1. The third kappa shape index (κ3) is 13.9. The van der Waals surface area contributed by atoms with Crippen LogP contribution in [0.25, 0.3) is 22.6 Å². The van der Waals surface area contributed by atoms with Gasteiger partial charge in [0.25, 0.3) is 5.91 Å². The molecule has 3 amide bonds. The number of ether oxygens (including phenoxy) is 5. The van der Waals surface area contributed by atoms with Crippen LogP contribution in [0.3, 0.4) is 0 Å². The Kier molecular flexibility index (Phi) is 16.7. The van der Waals surface area contributed by atoms with E-state index in [1.165, 1.54) is 6.92 Å². The highest BCUT2D eigenvalue weighted by Crippen LogP contribution is 2.36. The van der Waals surface area contributed by atoms with Gasteiger partial charge in [0.2, 0.25) is 0 Å². The lowest BCUT2D eigenvalue weighted by atomic mass is 9.86. The zero-order valence-electron chi connectivity index (χ0n) is 31.9. The first-order valence-corrected chi connectivity index (χ1v) is 18.6. The number of urea groups is 1. The molecule has 0 fully saturated rings. The number of rotatable bonds is 20. The van der Waals surface area contributed by atoms with Crippen LogP contribution in [-0.4, -0.2) is 94.9 Å². The Balaban J connectivity index is 1.24. The van der Waals surface area contributed by atoms with Crippen molar-refractivity contribution >= 4 is 40.5 Å². The van der Waals surface area contributed by atoms with E-state index in [9.17, 15) is 14.4 Å². The zero-order valence-corrected chi connectivity index (χ0v) is 31.9. The van der Waals surface area contributed by atoms with Gasteiger partial charge in [-0.05, 0) is 92.5 Å². The molecule has 0 saturated carbocycles. The molecule has 1 aromatic heterocycles. The lowest BCUT2D eigenvalue weighted by Gasteiger charge is -2.23. The van der Waals surface area contributed by atoms with Gasteiger partial charge in [0.05, 0.1) is 56.4 Å². The number of imide groups is 1. The number of aromatic nitrogens is 1. The summed E-state index contributed by atoms with van der Waals surface area (Å²) in [7, 11) is 0. The molecule has 12 nitrogen and oxygen atoms in total. The van der Waals surface area contributed by atoms with Gasteiger partial charge in [-0.1, -0.05) is 51.1 Å². The minimum Gasteiger partial charge on any atom is -0.491 e. The topological polar surface area (TPSA) is 146 Å². The van der Waals surface area contributed by atoms with E-state index in [-0.39, 0.29) is 0 Å². The van der Waals surface area contributed by atoms with Crippen molar-refractivity contribution in [2.75, 3.05) is 65.9 Å². The van der Waals surface area contributed by atoms with E-state index in [0.717, 1.165) is 60.5 Å². The Bertz CT molecular complexity index is 1670. The lowest BCUT2D eigenvalue weighted by molar-refractivity contribution is -0.127. The predicted octanol–water partition coefficient (Wildman–Crippen LogP) is 5.96. The van der Waals surface area contributed by atoms with Crippen LogP contribution in [-0.2, 0) is 30.2 Å². The predicted molar refractivity (Wildman–Crippen MR) is 206 cm³/mol. The first kappa shape index (κ1) is 41.4. The molecule has 0 spiro atoms. The molecule has 1 heterocycles. The standard InChI is InChI=1S/C41H56N4O8/c1-6-43-40(48)45-38(46)29(2)53-39(47)36-33-11-7-8-13-35(33)44-37-31(10-9-12-34(36)37)28-30-14-16-32(17-15-30)52-27-26-51-25-24-50-23-22-49-21-20-42-19-18-41(3,4)5/h7-8,11,13-17,28-29,42H,6,9-10,12,18-27H2,1-5H3,(H2,43,45,46,48)/b31-28-. The van der Waals surface area contributed by atoms with Crippen LogP contribution >= 0.6 is 0 Å². The second-order valence-electron chi connectivity index (χ2n) is 14.1. The number of carbonyl (C=O) groups is 3. The number of amides is 3. The molecule has 1 atom stereocenters. The summed E-state index contributed by atoms with van der Waals surface area (Å²) in [4.78, 5) is 43.0. The Labute approximate surface area is 313 Å². The van der Waals surface area contributed by atoms with E-state index >= 15 is 0 Å². The molecule has 0 bridgehead atoms. The minimum atomic E-state index is -1.18. The van der Waals surface area contributed by atoms with Crippen LogP contribution in [0.4, 0.5) is 4.79 Å². The Morgan fingerprint density at radius 2 is 1.55 bits per heavy atom. The number of pyridine rings is 1. The molecule has 288 valence electrons. The van der Waals surface area contributed by atoms with Gasteiger partial charge in [0.15, 0.2) is 6.10 Å². The Morgan fingerprint density at radius 1 is 0.868 bits per heavy atom. The number of hydrogen-bond acceptors (Lipinski definition) is 10. The number of hydrogen-bond donors (Lipinski definition) is 3. The van der Waals surface area contributed by atoms with E-state index in [2.05, 4.69) is 42.8 Å². The number of para-hydroxylation sites is 1. The van der Waals surface area contributed by atoms with Crippen LogP contribution in [0.15, 0.2) is 48.5 Å². The molecule has 0 aliphatic heterocycles. The van der Waals surface area contributed by atoms with Gasteiger partial charge in [0.1, 0.15) is 12.4 Å². The van der Waals surface area contributed by atoms with Crippen molar-refractivity contribution in [1.82, 2.24) is 20.9 Å². The fourth-order valence-corrected chi connectivity index (χ4v) is 5.75. The summed E-state index contributed by atoms with van der Waals surface area (Å²) >= 11 is 0. The first-order chi connectivity index (χ1) is 25.6. The van der Waals surface area contributed by atoms with Crippen molar-refractivity contribution < 1.29 is 38.1 Å². The van der Waals surface area contributed by atoms with Gasteiger partial charge in [-0.15, -0.1) is 0 Å². The molecular weight excluding hydrogens is 676 g/mol. The Morgan fingerprint density at radius 3 is 2.25 bits per heavy atom. The minimum absolute atomic E-state index is 0.344. The van der Waals surface area contributed by atoms with Crippen molar-refractivity contribution in [2.45, 2.75) is 66.4 Å². The maximum absolute atomic E-state index is 13.6. The lowest BCUT2D eigenvalue weighted by Crippen LogP contribution is -2.44. The van der Waals surface area contributed by atoms with Crippen LogP contribution < -0.4 is 20.7 Å². The van der Waals surface area contributed by atoms with Crippen LogP contribution in [0, 0.1) is 5.41 Å². The summed E-state index contributed by atoms with van der Waals surface area (Å²) in [6.45, 7) is 15.7. The molecule has 1 aliphatic carbocycles. The van der Waals surface area contributed by atoms with Gasteiger partial charge in [-0.3, -0.25) is 10.1 Å². The fourth-order valence-electron chi connectivity index (χ4n) is 5.75. The quantitative estimate of drug-likeness (QED) is 0.0940. The van der Waals surface area contributed by atoms with Crippen molar-refractivity contribution in [3.8, 4) is 5.75 Å². The number of carbonyl (C=O) groups excluding carboxylic acids is 3. The number of fused-ring (bicyclic) bond motifs is 2. The smallest absolute Gasteiger partial charge is 0.339 e. The molecule has 0 saturated heterocycles. The Hall–Kier alpha value is -4.36. The maximum Gasteiger partial charge on any atom is 0.339 e. The van der Waals surface area contributed by atoms with E-state index in [1.54, 1.807) is 6.92 Å². The van der Waals surface area contributed by atoms with E-state index in [0.29, 0.717) is 81.1 Å². The summed E-state index contributed by atoms with van der Waals surface area (Å²) < 4.78 is 28.3. The van der Waals surface area contributed by atoms with Crippen molar-refractivity contribution in [3.05, 3.63) is 70.9 Å². The third-order valence-corrected chi connectivity index (χ3v) is 8.54. The highest BCUT2D eigenvalue weighted by atomic mass is 16.6. The molecule has 3 aromatic rings. The van der Waals surface area contributed by atoms with Crippen molar-refractivity contribution in [3.63, 3.8) is 0 Å². The van der Waals surface area contributed by atoms with Gasteiger partial charge < -0.3 is 34.3 Å². The average Bonchev–Trinajstić information content (AvgIpc) is 3.12. The van der Waals surface area contributed by atoms with Crippen LogP contribution in [0.1, 0.15) is 81.1 Å². The summed E-state index contributed by atoms with van der Waals surface area (Å²) in [5.74, 6) is -0.598.